The summed E-state index contributed by atoms with van der Waals surface area (Å²) in [7, 11) is 0. The molecule has 5 heteroatoms. The molecule has 1 amide bonds. The second kappa shape index (κ2) is 5.81. The Morgan fingerprint density at radius 3 is 2.61 bits per heavy atom. The monoisotopic (exact) mass is 325 g/mol. The number of rotatable bonds is 2. The van der Waals surface area contributed by atoms with Crippen molar-refractivity contribution in [2.75, 3.05) is 13.1 Å². The van der Waals surface area contributed by atoms with Gasteiger partial charge in [-0.3, -0.25) is 9.20 Å². The van der Waals surface area contributed by atoms with Crippen molar-refractivity contribution >= 4 is 22.2 Å². The van der Waals surface area contributed by atoms with Gasteiger partial charge in [-0.15, -0.1) is 11.3 Å². The highest BCUT2D eigenvalue weighted by Gasteiger charge is 2.26. The van der Waals surface area contributed by atoms with Crippen LogP contribution >= 0.6 is 11.3 Å². The van der Waals surface area contributed by atoms with Gasteiger partial charge < -0.3 is 4.90 Å². The number of likely N-dealkylation sites (tertiary alicyclic amines) is 1. The molecule has 0 bridgehead atoms. The van der Waals surface area contributed by atoms with Gasteiger partial charge in [0.05, 0.1) is 5.69 Å². The molecule has 0 N–H and O–H groups in total. The van der Waals surface area contributed by atoms with Gasteiger partial charge in [-0.1, -0.05) is 29.8 Å². The van der Waals surface area contributed by atoms with Gasteiger partial charge in [0.25, 0.3) is 5.91 Å². The Hall–Kier alpha value is -2.14. The van der Waals surface area contributed by atoms with Crippen molar-refractivity contribution in [3.05, 3.63) is 47.1 Å². The number of carbonyl (C=O) groups excluding carboxylic acids is 1. The Balaban J connectivity index is 1.82. The third-order valence-electron chi connectivity index (χ3n) is 4.43. The summed E-state index contributed by atoms with van der Waals surface area (Å²) < 4.78 is 2.03. The van der Waals surface area contributed by atoms with Gasteiger partial charge in [-0.25, -0.2) is 4.98 Å². The standard InChI is InChI=1S/C18H19N3OS/c1-13-5-7-14(8-6-13)16-15(19-18-21(16)11-12-23-18)17(22)20-9-3-2-4-10-20/h5-8,11-12H,2-4,9-10H2,1H3. The van der Waals surface area contributed by atoms with Crippen LogP contribution in [0.5, 0.6) is 0 Å². The first-order chi connectivity index (χ1) is 11.2. The zero-order valence-corrected chi connectivity index (χ0v) is 14.0. The van der Waals surface area contributed by atoms with Crippen LogP contribution in [0.4, 0.5) is 0 Å². The van der Waals surface area contributed by atoms with Crippen LogP contribution < -0.4 is 0 Å². The highest BCUT2D eigenvalue weighted by atomic mass is 32.1. The molecule has 0 aliphatic carbocycles. The third kappa shape index (κ3) is 2.55. The van der Waals surface area contributed by atoms with Crippen molar-refractivity contribution in [3.63, 3.8) is 0 Å². The second-order valence-electron chi connectivity index (χ2n) is 6.08. The molecular formula is C18H19N3OS. The summed E-state index contributed by atoms with van der Waals surface area (Å²) in [6.45, 7) is 3.76. The molecule has 0 saturated carbocycles. The maximum Gasteiger partial charge on any atom is 0.274 e. The summed E-state index contributed by atoms with van der Waals surface area (Å²) in [5, 5.41) is 2.01. The Bertz CT molecular complexity index is 841. The van der Waals surface area contributed by atoms with Crippen LogP contribution in [-0.4, -0.2) is 33.3 Å². The minimum atomic E-state index is 0.0659. The van der Waals surface area contributed by atoms with E-state index in [1.807, 2.05) is 20.9 Å². The van der Waals surface area contributed by atoms with Gasteiger partial charge in [0.2, 0.25) is 0 Å². The van der Waals surface area contributed by atoms with E-state index in [0.29, 0.717) is 5.69 Å². The third-order valence-corrected chi connectivity index (χ3v) is 5.19. The average molecular weight is 325 g/mol. The van der Waals surface area contributed by atoms with E-state index in [1.54, 1.807) is 11.3 Å². The number of benzene rings is 1. The van der Waals surface area contributed by atoms with Crippen LogP contribution in [-0.2, 0) is 0 Å². The molecule has 0 atom stereocenters. The van der Waals surface area contributed by atoms with Gasteiger partial charge in [0, 0.05) is 30.2 Å². The summed E-state index contributed by atoms with van der Waals surface area (Å²) >= 11 is 1.57. The lowest BCUT2D eigenvalue weighted by Crippen LogP contribution is -2.36. The molecule has 2 aromatic heterocycles. The van der Waals surface area contributed by atoms with Gasteiger partial charge in [-0.2, -0.15) is 0 Å². The number of hydrogen-bond acceptors (Lipinski definition) is 3. The Labute approximate surface area is 139 Å². The quantitative estimate of drug-likeness (QED) is 0.714. The molecule has 1 aromatic carbocycles. The Morgan fingerprint density at radius 1 is 1.13 bits per heavy atom. The Morgan fingerprint density at radius 2 is 1.87 bits per heavy atom. The predicted molar refractivity (Wildman–Crippen MR) is 93.0 cm³/mol. The number of aromatic nitrogens is 2. The lowest BCUT2D eigenvalue weighted by molar-refractivity contribution is 0.0720. The van der Waals surface area contributed by atoms with Crippen LogP contribution in [0.3, 0.4) is 0 Å². The van der Waals surface area contributed by atoms with Crippen molar-refractivity contribution < 1.29 is 4.79 Å². The number of nitrogens with zero attached hydrogens (tertiary/aromatic N) is 3. The molecule has 23 heavy (non-hydrogen) atoms. The highest BCUT2D eigenvalue weighted by Crippen LogP contribution is 2.29. The lowest BCUT2D eigenvalue weighted by atomic mass is 10.1. The largest absolute Gasteiger partial charge is 0.337 e. The first kappa shape index (κ1) is 14.5. The smallest absolute Gasteiger partial charge is 0.274 e. The van der Waals surface area contributed by atoms with Gasteiger partial charge in [0.1, 0.15) is 0 Å². The van der Waals surface area contributed by atoms with E-state index in [9.17, 15) is 4.79 Å². The fourth-order valence-corrected chi connectivity index (χ4v) is 3.88. The number of carbonyl (C=O) groups is 1. The molecule has 0 radical (unpaired) electrons. The van der Waals surface area contributed by atoms with E-state index in [4.69, 9.17) is 0 Å². The molecule has 4 rings (SSSR count). The van der Waals surface area contributed by atoms with Crippen molar-refractivity contribution in [2.45, 2.75) is 26.2 Å². The maximum absolute atomic E-state index is 13.0. The number of piperidine rings is 1. The highest BCUT2D eigenvalue weighted by molar-refractivity contribution is 7.15. The predicted octanol–water partition coefficient (Wildman–Crippen LogP) is 4.00. The number of imidazole rings is 1. The maximum atomic E-state index is 13.0. The minimum absolute atomic E-state index is 0.0659. The Kier molecular flexibility index (Phi) is 3.65. The summed E-state index contributed by atoms with van der Waals surface area (Å²) in [5.41, 5.74) is 3.75. The van der Waals surface area contributed by atoms with Crippen molar-refractivity contribution in [2.24, 2.45) is 0 Å². The fourth-order valence-electron chi connectivity index (χ4n) is 3.17. The van der Waals surface area contributed by atoms with E-state index in [1.165, 1.54) is 12.0 Å². The number of hydrogen-bond donors (Lipinski definition) is 0. The van der Waals surface area contributed by atoms with E-state index >= 15 is 0 Å². The van der Waals surface area contributed by atoms with Crippen molar-refractivity contribution in [3.8, 4) is 11.3 Å². The van der Waals surface area contributed by atoms with E-state index in [2.05, 4.69) is 36.2 Å². The first-order valence-corrected chi connectivity index (χ1v) is 8.94. The molecule has 1 aliphatic heterocycles. The molecule has 0 spiro atoms. The molecule has 3 heterocycles. The summed E-state index contributed by atoms with van der Waals surface area (Å²) in [4.78, 5) is 20.4. The van der Waals surface area contributed by atoms with E-state index in [0.717, 1.165) is 42.1 Å². The SMILES string of the molecule is Cc1ccc(-c2c(C(=O)N3CCCCC3)nc3sccn23)cc1. The van der Waals surface area contributed by atoms with Crippen molar-refractivity contribution in [1.82, 2.24) is 14.3 Å². The minimum Gasteiger partial charge on any atom is -0.337 e. The number of aryl methyl sites for hydroxylation is 1. The number of thiazole rings is 1. The van der Waals surface area contributed by atoms with Crippen LogP contribution in [0.2, 0.25) is 0 Å². The zero-order chi connectivity index (χ0) is 15.8. The normalized spacial score (nSPS) is 15.3. The zero-order valence-electron chi connectivity index (χ0n) is 13.2. The van der Waals surface area contributed by atoms with Crippen LogP contribution in [0.1, 0.15) is 35.3 Å². The molecule has 3 aromatic rings. The summed E-state index contributed by atoms with van der Waals surface area (Å²) in [6, 6.07) is 8.30. The molecular weight excluding hydrogens is 306 g/mol. The van der Waals surface area contributed by atoms with Crippen LogP contribution in [0, 0.1) is 6.92 Å². The van der Waals surface area contributed by atoms with Crippen LogP contribution in [0.15, 0.2) is 35.8 Å². The summed E-state index contributed by atoms with van der Waals surface area (Å²) in [6.07, 6.45) is 5.39. The van der Waals surface area contributed by atoms with Crippen LogP contribution in [0.25, 0.3) is 16.2 Å². The number of fused-ring (bicyclic) bond motifs is 1. The second-order valence-corrected chi connectivity index (χ2v) is 6.96. The molecule has 1 aliphatic rings. The van der Waals surface area contributed by atoms with Gasteiger partial charge >= 0.3 is 0 Å². The summed E-state index contributed by atoms with van der Waals surface area (Å²) in [5.74, 6) is 0.0659. The fraction of sp³-hybridized carbons (Fsp3) is 0.333. The molecule has 0 unspecified atom stereocenters. The van der Waals surface area contributed by atoms with Gasteiger partial charge in [0.15, 0.2) is 10.7 Å². The topological polar surface area (TPSA) is 37.6 Å². The van der Waals surface area contributed by atoms with Crippen molar-refractivity contribution in [1.29, 1.82) is 0 Å². The molecule has 4 nitrogen and oxygen atoms in total. The molecule has 118 valence electrons. The molecule has 1 saturated heterocycles. The van der Waals surface area contributed by atoms with E-state index < -0.39 is 0 Å². The number of amides is 1. The van der Waals surface area contributed by atoms with Gasteiger partial charge in [-0.05, 0) is 26.2 Å². The first-order valence-electron chi connectivity index (χ1n) is 8.06. The lowest BCUT2D eigenvalue weighted by Gasteiger charge is -2.26. The molecule has 1 fully saturated rings. The van der Waals surface area contributed by atoms with E-state index in [-0.39, 0.29) is 5.91 Å². The average Bonchev–Trinajstić information content (AvgIpc) is 3.17.